The summed E-state index contributed by atoms with van der Waals surface area (Å²) in [5.41, 5.74) is 1.80. The average Bonchev–Trinajstić information content (AvgIpc) is 2.85. The Morgan fingerprint density at radius 2 is 2.08 bits per heavy atom. The van der Waals surface area contributed by atoms with Crippen LogP contribution in [-0.2, 0) is 0 Å². The highest BCUT2D eigenvalue weighted by Crippen LogP contribution is 2.42. The van der Waals surface area contributed by atoms with Crippen LogP contribution in [0.2, 0.25) is 0 Å². The molecule has 1 fully saturated rings. The summed E-state index contributed by atoms with van der Waals surface area (Å²) in [6.45, 7) is 6.83. The zero-order chi connectivity index (χ0) is 9.47. The van der Waals surface area contributed by atoms with Gasteiger partial charge in [-0.15, -0.1) is 0 Å². The highest BCUT2D eigenvalue weighted by Gasteiger charge is 2.37. The van der Waals surface area contributed by atoms with Gasteiger partial charge in [-0.1, -0.05) is 20.8 Å². The zero-order valence-corrected chi connectivity index (χ0v) is 8.67. The number of nitrogens with zero attached hydrogens (tertiary/aromatic N) is 1. The number of hydrogen-bond acceptors (Lipinski definition) is 2. The van der Waals surface area contributed by atoms with Crippen LogP contribution >= 0.6 is 0 Å². The Hall–Kier alpha value is -0.790. The second-order valence-corrected chi connectivity index (χ2v) is 5.15. The smallest absolute Gasteiger partial charge is 0.0883 e. The van der Waals surface area contributed by atoms with E-state index in [0.29, 0.717) is 11.5 Å². The summed E-state index contributed by atoms with van der Waals surface area (Å²) in [5, 5.41) is 3.37. The molecule has 1 unspecified atom stereocenters. The number of nitrogens with one attached hydrogen (secondary N) is 1. The van der Waals surface area contributed by atoms with E-state index in [1.54, 1.807) is 0 Å². The molecule has 0 aromatic rings. The van der Waals surface area contributed by atoms with Gasteiger partial charge in [-0.05, 0) is 29.7 Å². The molecule has 0 radical (unpaired) electrons. The van der Waals surface area contributed by atoms with Gasteiger partial charge >= 0.3 is 0 Å². The van der Waals surface area contributed by atoms with E-state index in [4.69, 9.17) is 0 Å². The molecule has 1 aliphatic heterocycles. The van der Waals surface area contributed by atoms with Gasteiger partial charge in [0.15, 0.2) is 0 Å². The molecule has 1 aliphatic carbocycles. The molecule has 13 heavy (non-hydrogen) atoms. The first-order chi connectivity index (χ1) is 6.09. The van der Waals surface area contributed by atoms with Crippen molar-refractivity contribution in [2.45, 2.75) is 39.7 Å². The SMILES string of the molecule is CC(C)(C)C1NC=NC=C1C1CC1. The Labute approximate surface area is 80.1 Å². The molecule has 0 aromatic heterocycles. The van der Waals surface area contributed by atoms with Gasteiger partial charge < -0.3 is 5.32 Å². The van der Waals surface area contributed by atoms with Crippen LogP contribution in [0, 0.1) is 11.3 Å². The van der Waals surface area contributed by atoms with Gasteiger partial charge in [-0.25, -0.2) is 4.99 Å². The Morgan fingerprint density at radius 1 is 1.38 bits per heavy atom. The molecule has 0 bridgehead atoms. The number of aliphatic imine (C=N–C) groups is 1. The van der Waals surface area contributed by atoms with Crippen LogP contribution in [0.5, 0.6) is 0 Å². The molecule has 2 aliphatic rings. The van der Waals surface area contributed by atoms with Crippen LogP contribution in [0.3, 0.4) is 0 Å². The summed E-state index contributed by atoms with van der Waals surface area (Å²) in [4.78, 5) is 4.19. The predicted octanol–water partition coefficient (Wildman–Crippen LogP) is 2.33. The van der Waals surface area contributed by atoms with Crippen LogP contribution in [0.1, 0.15) is 33.6 Å². The van der Waals surface area contributed by atoms with Gasteiger partial charge in [-0.2, -0.15) is 0 Å². The van der Waals surface area contributed by atoms with E-state index >= 15 is 0 Å². The normalized spacial score (nSPS) is 28.2. The number of rotatable bonds is 1. The van der Waals surface area contributed by atoms with Gasteiger partial charge in [0, 0.05) is 6.20 Å². The summed E-state index contributed by atoms with van der Waals surface area (Å²) in [6, 6.07) is 0.484. The van der Waals surface area contributed by atoms with E-state index < -0.39 is 0 Å². The van der Waals surface area contributed by atoms with Crippen molar-refractivity contribution in [2.24, 2.45) is 16.3 Å². The fraction of sp³-hybridized carbons (Fsp3) is 0.727. The Kier molecular flexibility index (Phi) is 1.94. The first-order valence-electron chi connectivity index (χ1n) is 5.06. The predicted molar refractivity (Wildman–Crippen MR) is 55.7 cm³/mol. The van der Waals surface area contributed by atoms with Crippen molar-refractivity contribution in [2.75, 3.05) is 0 Å². The van der Waals surface area contributed by atoms with Crippen LogP contribution in [-0.4, -0.2) is 12.4 Å². The first kappa shape index (κ1) is 8.79. The molecule has 0 saturated heterocycles. The molecule has 2 nitrogen and oxygen atoms in total. The molecule has 0 spiro atoms. The van der Waals surface area contributed by atoms with Crippen molar-refractivity contribution in [1.82, 2.24) is 5.32 Å². The Morgan fingerprint density at radius 3 is 2.62 bits per heavy atom. The quantitative estimate of drug-likeness (QED) is 0.654. The topological polar surface area (TPSA) is 24.4 Å². The summed E-state index contributed by atoms with van der Waals surface area (Å²) >= 11 is 0. The maximum absolute atomic E-state index is 4.19. The third-order valence-electron chi connectivity index (χ3n) is 2.79. The van der Waals surface area contributed by atoms with Crippen molar-refractivity contribution >= 4 is 6.34 Å². The van der Waals surface area contributed by atoms with Gasteiger partial charge in [-0.3, -0.25) is 0 Å². The van der Waals surface area contributed by atoms with Crippen molar-refractivity contribution in [3.05, 3.63) is 11.8 Å². The minimum Gasteiger partial charge on any atom is -0.369 e. The fourth-order valence-electron chi connectivity index (χ4n) is 1.92. The lowest BCUT2D eigenvalue weighted by molar-refractivity contribution is 0.322. The van der Waals surface area contributed by atoms with E-state index in [9.17, 15) is 0 Å². The molecule has 0 aromatic carbocycles. The summed E-state index contributed by atoms with van der Waals surface area (Å²) < 4.78 is 0. The summed E-state index contributed by atoms with van der Waals surface area (Å²) in [6.07, 6.45) is 6.59. The lowest BCUT2D eigenvalue weighted by atomic mass is 9.80. The lowest BCUT2D eigenvalue weighted by Gasteiger charge is -2.34. The van der Waals surface area contributed by atoms with E-state index in [-0.39, 0.29) is 0 Å². The maximum atomic E-state index is 4.19. The van der Waals surface area contributed by atoms with Crippen molar-refractivity contribution in [3.8, 4) is 0 Å². The maximum Gasteiger partial charge on any atom is 0.0883 e. The van der Waals surface area contributed by atoms with Crippen LogP contribution in [0.4, 0.5) is 0 Å². The Bertz CT molecular complexity index is 254. The molecule has 1 N–H and O–H groups in total. The van der Waals surface area contributed by atoms with Crippen LogP contribution < -0.4 is 5.32 Å². The van der Waals surface area contributed by atoms with Crippen molar-refractivity contribution in [1.29, 1.82) is 0 Å². The molecule has 0 amide bonds. The molecule has 1 saturated carbocycles. The van der Waals surface area contributed by atoms with E-state index in [2.05, 4.69) is 37.3 Å². The molecular weight excluding hydrogens is 160 g/mol. The summed E-state index contributed by atoms with van der Waals surface area (Å²) in [5.74, 6) is 0.814. The van der Waals surface area contributed by atoms with E-state index in [1.165, 1.54) is 18.4 Å². The van der Waals surface area contributed by atoms with Crippen LogP contribution in [0.25, 0.3) is 0 Å². The minimum atomic E-state index is 0.293. The summed E-state index contributed by atoms with van der Waals surface area (Å²) in [7, 11) is 0. The molecule has 2 rings (SSSR count). The molecule has 2 heteroatoms. The highest BCUT2D eigenvalue weighted by molar-refractivity contribution is 5.59. The van der Waals surface area contributed by atoms with Gasteiger partial charge in [0.2, 0.25) is 0 Å². The van der Waals surface area contributed by atoms with E-state index in [1.807, 2.05) is 6.34 Å². The number of hydrogen-bond donors (Lipinski definition) is 1. The van der Waals surface area contributed by atoms with Crippen molar-refractivity contribution in [3.63, 3.8) is 0 Å². The standard InChI is InChI=1S/C11H18N2/c1-11(2,3)10-9(8-4-5-8)6-12-7-13-10/h6-8,10H,4-5H2,1-3H3,(H,12,13). The largest absolute Gasteiger partial charge is 0.369 e. The average molecular weight is 178 g/mol. The highest BCUT2D eigenvalue weighted by atomic mass is 15.0. The second-order valence-electron chi connectivity index (χ2n) is 5.15. The second kappa shape index (κ2) is 2.86. The van der Waals surface area contributed by atoms with E-state index in [0.717, 1.165) is 5.92 Å². The van der Waals surface area contributed by atoms with Gasteiger partial charge in [0.1, 0.15) is 0 Å². The molecule has 1 heterocycles. The van der Waals surface area contributed by atoms with Crippen LogP contribution in [0.15, 0.2) is 16.8 Å². The minimum absolute atomic E-state index is 0.293. The van der Waals surface area contributed by atoms with Gasteiger partial charge in [0.05, 0.1) is 12.4 Å². The van der Waals surface area contributed by atoms with Crippen molar-refractivity contribution < 1.29 is 0 Å². The molecule has 72 valence electrons. The zero-order valence-electron chi connectivity index (χ0n) is 8.67. The third kappa shape index (κ3) is 1.77. The lowest BCUT2D eigenvalue weighted by Crippen LogP contribution is -2.43. The fourth-order valence-corrected chi connectivity index (χ4v) is 1.92. The third-order valence-corrected chi connectivity index (χ3v) is 2.79. The first-order valence-corrected chi connectivity index (χ1v) is 5.06. The Balaban J connectivity index is 2.19. The monoisotopic (exact) mass is 178 g/mol. The molecule has 1 atom stereocenters. The van der Waals surface area contributed by atoms with Gasteiger partial charge in [0.25, 0.3) is 0 Å². The molecular formula is C11H18N2.